The number of pyridine rings is 1. The molecule has 3 fully saturated rings. The zero-order chi connectivity index (χ0) is 24.9. The molecule has 1 aromatic carbocycles. The zero-order valence-corrected chi connectivity index (χ0v) is 20.4. The van der Waals surface area contributed by atoms with Gasteiger partial charge in [0.1, 0.15) is 23.6 Å². The summed E-state index contributed by atoms with van der Waals surface area (Å²) < 4.78 is 2.09. The van der Waals surface area contributed by atoms with E-state index in [0.29, 0.717) is 49.5 Å². The van der Waals surface area contributed by atoms with E-state index in [4.69, 9.17) is 4.98 Å². The number of hydrogen-bond acceptors (Lipinski definition) is 6. The molecular weight excluding hydrogens is 466 g/mol. The molecule has 1 aliphatic carbocycles. The lowest BCUT2D eigenvalue weighted by atomic mass is 9.92. The predicted octanol–water partition coefficient (Wildman–Crippen LogP) is 3.95. The summed E-state index contributed by atoms with van der Waals surface area (Å²) in [4.78, 5) is 30.3. The molecule has 188 valence electrons. The summed E-state index contributed by atoms with van der Waals surface area (Å²) in [6.45, 7) is 1.82. The van der Waals surface area contributed by atoms with Crippen LogP contribution in [-0.4, -0.2) is 61.1 Å². The van der Waals surface area contributed by atoms with E-state index in [2.05, 4.69) is 61.2 Å². The van der Waals surface area contributed by atoms with Crippen molar-refractivity contribution < 1.29 is 9.90 Å². The van der Waals surface area contributed by atoms with Crippen molar-refractivity contribution in [1.82, 2.24) is 24.3 Å². The lowest BCUT2D eigenvalue weighted by Crippen LogP contribution is -2.50. The second kappa shape index (κ2) is 8.85. The smallest absolute Gasteiger partial charge is 0.323 e. The number of β-amino-alcohol motifs (C(OH)–C–C–N with tert-alkyl or cyclic N) is 1. The number of nitrogens with zero attached hydrogens (tertiary/aromatic N) is 6. The van der Waals surface area contributed by atoms with Crippen molar-refractivity contribution in [2.24, 2.45) is 0 Å². The van der Waals surface area contributed by atoms with Gasteiger partial charge in [-0.2, -0.15) is 0 Å². The number of anilines is 2. The number of likely N-dealkylation sites (tertiary alicyclic amines) is 1. The van der Waals surface area contributed by atoms with Gasteiger partial charge in [0.2, 0.25) is 0 Å². The molecule has 37 heavy (non-hydrogen) atoms. The van der Waals surface area contributed by atoms with Gasteiger partial charge in [-0.1, -0.05) is 36.4 Å². The van der Waals surface area contributed by atoms with Gasteiger partial charge in [0.15, 0.2) is 0 Å². The SMILES string of the molecule is O=C(Nc1cc(N2C[C@@H](O)C[C@@H]2c2cn3cc(C4CC4)ccc3n2)ncn1)N1CC(c2ccccc2)C1. The highest BCUT2D eigenvalue weighted by Crippen LogP contribution is 2.40. The number of aromatic nitrogens is 4. The zero-order valence-electron chi connectivity index (χ0n) is 20.4. The monoisotopic (exact) mass is 495 g/mol. The van der Waals surface area contributed by atoms with Crippen molar-refractivity contribution in [1.29, 1.82) is 0 Å². The number of urea groups is 1. The highest BCUT2D eigenvalue weighted by Gasteiger charge is 2.36. The van der Waals surface area contributed by atoms with Gasteiger partial charge in [-0.15, -0.1) is 0 Å². The number of amides is 2. The topological polar surface area (TPSA) is 98.9 Å². The van der Waals surface area contributed by atoms with Crippen LogP contribution in [0, 0.1) is 0 Å². The minimum absolute atomic E-state index is 0.111. The first kappa shape index (κ1) is 22.2. The van der Waals surface area contributed by atoms with Gasteiger partial charge in [0.05, 0.1) is 17.8 Å². The maximum absolute atomic E-state index is 12.8. The third kappa shape index (κ3) is 4.29. The Morgan fingerprint density at radius 3 is 2.59 bits per heavy atom. The Hall–Kier alpha value is -3.98. The fraction of sp³-hybridized carbons (Fsp3) is 0.357. The lowest BCUT2D eigenvalue weighted by Gasteiger charge is -2.39. The van der Waals surface area contributed by atoms with Gasteiger partial charge in [0.25, 0.3) is 0 Å². The molecule has 2 N–H and O–H groups in total. The maximum atomic E-state index is 12.8. The molecule has 9 heteroatoms. The predicted molar refractivity (Wildman–Crippen MR) is 140 cm³/mol. The number of rotatable bonds is 5. The summed E-state index contributed by atoms with van der Waals surface area (Å²) in [5.41, 5.74) is 4.42. The van der Waals surface area contributed by atoms with Gasteiger partial charge < -0.3 is 19.3 Å². The fourth-order valence-electron chi connectivity index (χ4n) is 5.54. The van der Waals surface area contributed by atoms with E-state index in [-0.39, 0.29) is 12.1 Å². The summed E-state index contributed by atoms with van der Waals surface area (Å²) in [7, 11) is 0. The molecule has 0 bridgehead atoms. The standard InChI is InChI=1S/C28H29N7O2/c36-22-10-24(23-16-33-12-20(19-6-7-19)8-9-26(33)31-23)35(15-22)27-11-25(29-17-30-27)32-28(37)34-13-21(14-34)18-4-2-1-3-5-18/h1-5,8-9,11-12,16-17,19,21-22,24,36H,6-7,10,13-15H2,(H,29,30,32,37)/t22-,24+/m0/s1. The van der Waals surface area contributed by atoms with Crippen LogP contribution in [0.5, 0.6) is 0 Å². The van der Waals surface area contributed by atoms with Crippen LogP contribution in [0.1, 0.15) is 54.0 Å². The molecule has 0 radical (unpaired) electrons. The van der Waals surface area contributed by atoms with Gasteiger partial charge in [-0.25, -0.2) is 19.7 Å². The second-order valence-corrected chi connectivity index (χ2v) is 10.4. The Morgan fingerprint density at radius 2 is 1.78 bits per heavy atom. The summed E-state index contributed by atoms with van der Waals surface area (Å²) >= 11 is 0. The number of carbonyl (C=O) groups is 1. The van der Waals surface area contributed by atoms with Crippen molar-refractivity contribution in [3.05, 3.63) is 84.1 Å². The maximum Gasteiger partial charge on any atom is 0.323 e. The van der Waals surface area contributed by atoms with Crippen LogP contribution in [0.2, 0.25) is 0 Å². The minimum atomic E-state index is -0.485. The quantitative estimate of drug-likeness (QED) is 0.435. The van der Waals surface area contributed by atoms with E-state index in [1.54, 1.807) is 11.0 Å². The van der Waals surface area contributed by atoms with Crippen molar-refractivity contribution in [2.45, 2.75) is 43.2 Å². The Balaban J connectivity index is 1.07. The third-order valence-electron chi connectivity index (χ3n) is 7.78. The Kier molecular flexibility index (Phi) is 5.32. The number of imidazole rings is 1. The van der Waals surface area contributed by atoms with Crippen LogP contribution in [0.15, 0.2) is 67.3 Å². The molecule has 0 spiro atoms. The number of hydrogen-bond donors (Lipinski definition) is 2. The molecule has 2 amide bonds. The van der Waals surface area contributed by atoms with E-state index >= 15 is 0 Å². The van der Waals surface area contributed by atoms with E-state index < -0.39 is 6.10 Å². The van der Waals surface area contributed by atoms with Crippen molar-refractivity contribution in [3.63, 3.8) is 0 Å². The Bertz CT molecular complexity index is 1450. The van der Waals surface area contributed by atoms with Crippen LogP contribution in [0.4, 0.5) is 16.4 Å². The van der Waals surface area contributed by atoms with E-state index in [9.17, 15) is 9.90 Å². The average Bonchev–Trinajstić information content (AvgIpc) is 3.52. The molecule has 9 nitrogen and oxygen atoms in total. The van der Waals surface area contributed by atoms with Crippen molar-refractivity contribution in [3.8, 4) is 0 Å². The van der Waals surface area contributed by atoms with E-state index in [1.165, 1.54) is 30.3 Å². The highest BCUT2D eigenvalue weighted by molar-refractivity contribution is 5.89. The lowest BCUT2D eigenvalue weighted by molar-refractivity contribution is 0.164. The summed E-state index contributed by atoms with van der Waals surface area (Å²) in [5.74, 6) is 2.15. The molecule has 7 rings (SSSR count). The summed E-state index contributed by atoms with van der Waals surface area (Å²) in [6, 6.07) is 16.0. The number of aliphatic hydroxyl groups is 1. The van der Waals surface area contributed by atoms with Gasteiger partial charge >= 0.3 is 6.03 Å². The number of carbonyl (C=O) groups excluding carboxylic acids is 1. The molecule has 1 saturated carbocycles. The first-order valence-electron chi connectivity index (χ1n) is 13.0. The molecule has 0 unspecified atom stereocenters. The average molecular weight is 496 g/mol. The van der Waals surface area contributed by atoms with Crippen molar-refractivity contribution >= 4 is 23.3 Å². The second-order valence-electron chi connectivity index (χ2n) is 10.4. The first-order chi connectivity index (χ1) is 18.1. The minimum Gasteiger partial charge on any atom is -0.391 e. The number of benzene rings is 1. The molecule has 3 aromatic heterocycles. The largest absolute Gasteiger partial charge is 0.391 e. The number of fused-ring (bicyclic) bond motifs is 1. The number of nitrogens with one attached hydrogen (secondary N) is 1. The van der Waals surface area contributed by atoms with Crippen LogP contribution in [0.3, 0.4) is 0 Å². The molecule has 2 saturated heterocycles. The van der Waals surface area contributed by atoms with Crippen LogP contribution < -0.4 is 10.2 Å². The molecule has 2 aliphatic heterocycles. The normalized spacial score (nSPS) is 21.9. The van der Waals surface area contributed by atoms with Gasteiger partial charge in [-0.05, 0) is 36.0 Å². The molecule has 5 heterocycles. The van der Waals surface area contributed by atoms with Crippen LogP contribution in [-0.2, 0) is 0 Å². The fourth-order valence-corrected chi connectivity index (χ4v) is 5.54. The molecule has 2 atom stereocenters. The molecule has 4 aromatic rings. The van der Waals surface area contributed by atoms with Gasteiger partial charge in [-0.3, -0.25) is 5.32 Å². The van der Waals surface area contributed by atoms with E-state index in [0.717, 1.165) is 11.3 Å². The first-order valence-corrected chi connectivity index (χ1v) is 13.0. The molecule has 3 aliphatic rings. The summed E-state index contributed by atoms with van der Waals surface area (Å²) in [5, 5.41) is 13.5. The number of aliphatic hydroxyl groups excluding tert-OH is 1. The Labute approximate surface area is 214 Å². The van der Waals surface area contributed by atoms with Gasteiger partial charge in [0, 0.05) is 50.4 Å². The van der Waals surface area contributed by atoms with E-state index in [1.807, 2.05) is 18.2 Å². The van der Waals surface area contributed by atoms with Crippen molar-refractivity contribution in [2.75, 3.05) is 29.9 Å². The Morgan fingerprint density at radius 1 is 0.946 bits per heavy atom. The highest BCUT2D eigenvalue weighted by atomic mass is 16.3. The van der Waals surface area contributed by atoms with Crippen LogP contribution >= 0.6 is 0 Å². The van der Waals surface area contributed by atoms with Crippen LogP contribution in [0.25, 0.3) is 5.65 Å². The summed E-state index contributed by atoms with van der Waals surface area (Å²) in [6.07, 6.45) is 8.30. The third-order valence-corrected chi connectivity index (χ3v) is 7.78. The molecular formula is C28H29N7O2.